The number of halogens is 1. The maximum absolute atomic E-state index is 12.1. The molecule has 0 spiro atoms. The van der Waals surface area contributed by atoms with E-state index in [1.54, 1.807) is 18.2 Å². The van der Waals surface area contributed by atoms with E-state index < -0.39 is 0 Å². The van der Waals surface area contributed by atoms with E-state index in [4.69, 9.17) is 4.74 Å². The molecule has 0 atom stereocenters. The lowest BCUT2D eigenvalue weighted by Crippen LogP contribution is -2.03. The molecule has 3 rings (SSSR count). The van der Waals surface area contributed by atoms with Gasteiger partial charge in [-0.3, -0.25) is 4.79 Å². The van der Waals surface area contributed by atoms with Gasteiger partial charge in [0.25, 0.3) is 5.91 Å². The predicted molar refractivity (Wildman–Crippen MR) is 90.3 cm³/mol. The molecule has 2 N–H and O–H groups in total. The number of phenols is 1. The second kappa shape index (κ2) is 5.40. The fraction of sp³-hybridized carbons (Fsp3) is 0.0625. The first-order chi connectivity index (χ1) is 10.1. The zero-order chi connectivity index (χ0) is 15.0. The van der Waals surface area contributed by atoms with Crippen molar-refractivity contribution in [2.45, 2.75) is 0 Å². The Morgan fingerprint density at radius 1 is 1.29 bits per heavy atom. The van der Waals surface area contributed by atoms with Crippen LogP contribution in [0.15, 0.2) is 36.4 Å². The molecule has 0 bridgehead atoms. The molecule has 0 aliphatic carbocycles. The number of rotatable bonds is 2. The van der Waals surface area contributed by atoms with Gasteiger partial charge in [-0.15, -0.1) is 0 Å². The average molecular weight is 393 g/mol. The van der Waals surface area contributed by atoms with Crippen molar-refractivity contribution in [1.29, 1.82) is 0 Å². The number of hydrogen-bond acceptors (Lipinski definition) is 3. The fourth-order valence-corrected chi connectivity index (χ4v) is 2.91. The van der Waals surface area contributed by atoms with Crippen molar-refractivity contribution in [1.82, 2.24) is 0 Å². The van der Waals surface area contributed by atoms with Gasteiger partial charge in [-0.05, 0) is 52.4 Å². The minimum atomic E-state index is -0.127. The largest absolute Gasteiger partial charge is 0.504 e. The summed E-state index contributed by atoms with van der Waals surface area (Å²) in [6.45, 7) is 0. The van der Waals surface area contributed by atoms with Crippen molar-refractivity contribution < 1.29 is 14.6 Å². The molecule has 1 aliphatic rings. The number of carbonyl (C=O) groups is 1. The molecule has 0 saturated heterocycles. The summed E-state index contributed by atoms with van der Waals surface area (Å²) in [6, 6.07) is 11.1. The normalized spacial score (nSPS) is 15.0. The van der Waals surface area contributed by atoms with Gasteiger partial charge in [-0.25, -0.2) is 0 Å². The number of methoxy groups -OCH3 is 1. The van der Waals surface area contributed by atoms with Gasteiger partial charge in [0.05, 0.1) is 10.7 Å². The summed E-state index contributed by atoms with van der Waals surface area (Å²) < 4.78 is 5.81. The molecule has 2 aromatic carbocycles. The molecule has 0 radical (unpaired) electrons. The number of benzene rings is 2. The third kappa shape index (κ3) is 2.49. The van der Waals surface area contributed by atoms with Crippen molar-refractivity contribution >= 4 is 45.8 Å². The van der Waals surface area contributed by atoms with Gasteiger partial charge in [0.15, 0.2) is 11.5 Å². The van der Waals surface area contributed by atoms with E-state index in [-0.39, 0.29) is 11.7 Å². The zero-order valence-electron chi connectivity index (χ0n) is 11.2. The number of nitrogens with one attached hydrogen (secondary N) is 1. The number of carbonyl (C=O) groups excluding carboxylic acids is 1. The molecule has 5 heteroatoms. The maximum Gasteiger partial charge on any atom is 0.256 e. The molecule has 2 aromatic rings. The van der Waals surface area contributed by atoms with Crippen molar-refractivity contribution in [3.63, 3.8) is 0 Å². The summed E-state index contributed by atoms with van der Waals surface area (Å²) >= 11 is 2.03. The van der Waals surface area contributed by atoms with E-state index >= 15 is 0 Å². The fourth-order valence-electron chi connectivity index (χ4n) is 2.28. The zero-order valence-corrected chi connectivity index (χ0v) is 13.3. The lowest BCUT2D eigenvalue weighted by Gasteiger charge is -2.07. The van der Waals surface area contributed by atoms with Crippen molar-refractivity contribution in [2.24, 2.45) is 0 Å². The first-order valence-corrected chi connectivity index (χ1v) is 7.37. The molecular formula is C16H12INO3. The Kier molecular flexibility index (Phi) is 3.59. The summed E-state index contributed by atoms with van der Waals surface area (Å²) in [5, 5.41) is 12.7. The Labute approximate surface area is 135 Å². The quantitative estimate of drug-likeness (QED) is 0.607. The molecule has 0 fully saturated rings. The van der Waals surface area contributed by atoms with Gasteiger partial charge in [0, 0.05) is 16.8 Å². The van der Waals surface area contributed by atoms with Crippen LogP contribution in [0.25, 0.3) is 11.6 Å². The Bertz CT molecular complexity index is 768. The third-order valence-electron chi connectivity index (χ3n) is 3.29. The summed E-state index contributed by atoms with van der Waals surface area (Å²) in [5.41, 5.74) is 3.10. The molecule has 1 amide bonds. The second-order valence-corrected chi connectivity index (χ2v) is 5.77. The van der Waals surface area contributed by atoms with Gasteiger partial charge in [-0.1, -0.05) is 18.2 Å². The average Bonchev–Trinajstić information content (AvgIpc) is 2.79. The molecule has 0 unspecified atom stereocenters. The van der Waals surface area contributed by atoms with E-state index in [1.165, 1.54) is 7.11 Å². The molecule has 0 saturated carbocycles. The van der Waals surface area contributed by atoms with Crippen LogP contribution < -0.4 is 10.1 Å². The highest BCUT2D eigenvalue weighted by molar-refractivity contribution is 14.1. The van der Waals surface area contributed by atoms with Crippen LogP contribution >= 0.6 is 22.6 Å². The van der Waals surface area contributed by atoms with E-state index in [0.29, 0.717) is 14.9 Å². The highest BCUT2D eigenvalue weighted by atomic mass is 127. The number of aromatic hydroxyl groups is 1. The summed E-state index contributed by atoms with van der Waals surface area (Å²) in [5.74, 6) is 0.371. The lowest BCUT2D eigenvalue weighted by atomic mass is 10.0. The predicted octanol–water partition coefficient (Wildman–Crippen LogP) is 3.50. The molecule has 21 heavy (non-hydrogen) atoms. The van der Waals surface area contributed by atoms with Crippen LogP contribution in [0.1, 0.15) is 11.1 Å². The summed E-state index contributed by atoms with van der Waals surface area (Å²) in [4.78, 5) is 12.1. The topological polar surface area (TPSA) is 58.6 Å². The lowest BCUT2D eigenvalue weighted by molar-refractivity contribution is -0.110. The highest BCUT2D eigenvalue weighted by Gasteiger charge is 2.23. The van der Waals surface area contributed by atoms with E-state index in [1.807, 2.05) is 46.9 Å². The Hall–Kier alpha value is -2.02. The second-order valence-electron chi connectivity index (χ2n) is 4.61. The number of amides is 1. The molecule has 1 heterocycles. The molecule has 1 aliphatic heterocycles. The van der Waals surface area contributed by atoms with Crippen LogP contribution in [0.5, 0.6) is 11.5 Å². The molecular weight excluding hydrogens is 381 g/mol. The van der Waals surface area contributed by atoms with Crippen LogP contribution in [-0.4, -0.2) is 18.1 Å². The number of anilines is 1. The van der Waals surface area contributed by atoms with Crippen LogP contribution in [-0.2, 0) is 4.79 Å². The monoisotopic (exact) mass is 393 g/mol. The van der Waals surface area contributed by atoms with Crippen molar-refractivity contribution in [3.05, 3.63) is 51.1 Å². The minimum Gasteiger partial charge on any atom is -0.504 e. The van der Waals surface area contributed by atoms with Gasteiger partial charge in [0.1, 0.15) is 0 Å². The van der Waals surface area contributed by atoms with Crippen LogP contribution in [0.3, 0.4) is 0 Å². The van der Waals surface area contributed by atoms with Crippen LogP contribution in [0.2, 0.25) is 0 Å². The maximum atomic E-state index is 12.1. The van der Waals surface area contributed by atoms with E-state index in [0.717, 1.165) is 16.8 Å². The number of fused-ring (bicyclic) bond motifs is 1. The van der Waals surface area contributed by atoms with E-state index in [9.17, 15) is 9.90 Å². The van der Waals surface area contributed by atoms with Crippen LogP contribution in [0, 0.1) is 3.57 Å². The standard InChI is InChI=1S/C16H12INO3/c1-21-14-8-9(7-12(17)15(14)19)6-11-10-4-2-3-5-13(10)18-16(11)20/h2-8,19H,1H3,(H,18,20)/b11-6-. The Morgan fingerprint density at radius 2 is 2.05 bits per heavy atom. The van der Waals surface area contributed by atoms with Crippen molar-refractivity contribution in [2.75, 3.05) is 12.4 Å². The summed E-state index contributed by atoms with van der Waals surface area (Å²) in [6.07, 6.45) is 1.80. The first-order valence-electron chi connectivity index (χ1n) is 6.29. The SMILES string of the molecule is COc1cc(/C=C2\C(=O)Nc3ccccc32)cc(I)c1O. The first kappa shape index (κ1) is 13.9. The third-order valence-corrected chi connectivity index (χ3v) is 4.11. The van der Waals surface area contributed by atoms with Crippen LogP contribution in [0.4, 0.5) is 5.69 Å². The van der Waals surface area contributed by atoms with Gasteiger partial charge in [-0.2, -0.15) is 0 Å². The molecule has 4 nitrogen and oxygen atoms in total. The number of hydrogen-bond donors (Lipinski definition) is 2. The number of phenolic OH excluding ortho intramolecular Hbond substituents is 1. The van der Waals surface area contributed by atoms with Gasteiger partial charge >= 0.3 is 0 Å². The van der Waals surface area contributed by atoms with Gasteiger partial charge in [0.2, 0.25) is 0 Å². The van der Waals surface area contributed by atoms with E-state index in [2.05, 4.69) is 5.32 Å². The summed E-state index contributed by atoms with van der Waals surface area (Å²) in [7, 11) is 1.50. The smallest absolute Gasteiger partial charge is 0.256 e. The molecule has 0 aromatic heterocycles. The molecule has 106 valence electrons. The van der Waals surface area contributed by atoms with Gasteiger partial charge < -0.3 is 15.2 Å². The number of ether oxygens (including phenoxy) is 1. The number of para-hydroxylation sites is 1. The minimum absolute atomic E-state index is 0.108. The Balaban J connectivity index is 2.11. The highest BCUT2D eigenvalue weighted by Crippen LogP contribution is 2.36. The Morgan fingerprint density at radius 3 is 2.81 bits per heavy atom. The van der Waals surface area contributed by atoms with Crippen molar-refractivity contribution in [3.8, 4) is 11.5 Å².